The van der Waals surface area contributed by atoms with Crippen molar-refractivity contribution >= 4 is 34.0 Å². The van der Waals surface area contributed by atoms with E-state index in [9.17, 15) is 4.79 Å². The Morgan fingerprint density at radius 2 is 1.89 bits per heavy atom. The molecule has 94 valence electrons. The molecule has 0 spiro atoms. The fourth-order valence-corrected chi connectivity index (χ4v) is 2.30. The minimum atomic E-state index is -0.127. The number of ketones is 1. The van der Waals surface area contributed by atoms with Crippen LogP contribution in [0, 0.1) is 0 Å². The van der Waals surface area contributed by atoms with E-state index in [0.29, 0.717) is 21.8 Å². The van der Waals surface area contributed by atoms with Crippen LogP contribution in [0.5, 0.6) is 0 Å². The zero-order chi connectivity index (χ0) is 13.4. The first-order valence-electron chi connectivity index (χ1n) is 5.82. The van der Waals surface area contributed by atoms with Crippen molar-refractivity contribution in [2.75, 3.05) is 5.73 Å². The molecule has 0 unspecified atom stereocenters. The van der Waals surface area contributed by atoms with E-state index in [0.717, 1.165) is 10.9 Å². The molecule has 0 saturated heterocycles. The number of benzene rings is 2. The Kier molecular flexibility index (Phi) is 2.76. The highest BCUT2D eigenvalue weighted by molar-refractivity contribution is 6.31. The third kappa shape index (κ3) is 1.98. The number of nitrogens with two attached hydrogens (primary N) is 1. The van der Waals surface area contributed by atoms with E-state index in [1.54, 1.807) is 24.4 Å². The molecular weight excluding hydrogens is 260 g/mol. The number of aromatic amines is 1. The number of para-hydroxylation sites is 1. The Labute approximate surface area is 115 Å². The van der Waals surface area contributed by atoms with E-state index >= 15 is 0 Å². The number of H-pyrrole nitrogens is 1. The number of nitrogen functional groups attached to an aromatic ring is 1. The zero-order valence-electron chi connectivity index (χ0n) is 9.98. The molecule has 19 heavy (non-hydrogen) atoms. The van der Waals surface area contributed by atoms with Gasteiger partial charge < -0.3 is 10.7 Å². The molecule has 0 aliphatic heterocycles. The Bertz CT molecular complexity index is 777. The first kappa shape index (κ1) is 11.8. The Morgan fingerprint density at radius 3 is 2.74 bits per heavy atom. The third-order valence-corrected chi connectivity index (χ3v) is 3.33. The van der Waals surface area contributed by atoms with E-state index in [4.69, 9.17) is 17.3 Å². The Hall–Kier alpha value is -2.26. The van der Waals surface area contributed by atoms with Gasteiger partial charge in [-0.25, -0.2) is 0 Å². The quantitative estimate of drug-likeness (QED) is 0.552. The van der Waals surface area contributed by atoms with Crippen LogP contribution in [0.15, 0.2) is 48.7 Å². The van der Waals surface area contributed by atoms with Crippen LogP contribution in [0.3, 0.4) is 0 Å². The van der Waals surface area contributed by atoms with Crippen molar-refractivity contribution in [3.63, 3.8) is 0 Å². The summed E-state index contributed by atoms with van der Waals surface area (Å²) in [6.45, 7) is 0. The van der Waals surface area contributed by atoms with Gasteiger partial charge in [0.15, 0.2) is 5.78 Å². The van der Waals surface area contributed by atoms with Crippen LogP contribution >= 0.6 is 11.6 Å². The molecule has 0 bridgehead atoms. The number of nitrogens with one attached hydrogen (secondary N) is 1. The maximum Gasteiger partial charge on any atom is 0.197 e. The predicted octanol–water partition coefficient (Wildman–Crippen LogP) is 3.63. The van der Waals surface area contributed by atoms with Crippen LogP contribution in [-0.2, 0) is 0 Å². The topological polar surface area (TPSA) is 58.9 Å². The number of carbonyl (C=O) groups excluding carboxylic acids is 1. The lowest BCUT2D eigenvalue weighted by Crippen LogP contribution is -2.04. The van der Waals surface area contributed by atoms with Gasteiger partial charge in [-0.1, -0.05) is 29.8 Å². The molecule has 0 saturated carbocycles. The second-order valence-corrected chi connectivity index (χ2v) is 4.75. The summed E-state index contributed by atoms with van der Waals surface area (Å²) >= 11 is 5.92. The standard InChI is InChI=1S/C15H11ClN2O/c16-9-5-6-13(17)11(7-9)15(19)12-8-18-14-4-2-1-3-10(12)14/h1-8,18H,17H2. The van der Waals surface area contributed by atoms with Crippen molar-refractivity contribution in [1.29, 1.82) is 0 Å². The maximum atomic E-state index is 12.5. The molecule has 3 aromatic rings. The maximum absolute atomic E-state index is 12.5. The molecule has 3 rings (SSSR count). The number of halogens is 1. The molecule has 4 heteroatoms. The lowest BCUT2D eigenvalue weighted by molar-refractivity contribution is 0.104. The van der Waals surface area contributed by atoms with Crippen LogP contribution in [-0.4, -0.2) is 10.8 Å². The molecule has 0 atom stereocenters. The van der Waals surface area contributed by atoms with Crippen LogP contribution in [0.2, 0.25) is 5.02 Å². The summed E-state index contributed by atoms with van der Waals surface area (Å²) in [6, 6.07) is 12.6. The molecule has 2 aromatic carbocycles. The summed E-state index contributed by atoms with van der Waals surface area (Å²) in [7, 11) is 0. The van der Waals surface area contributed by atoms with E-state index in [1.165, 1.54) is 0 Å². The fraction of sp³-hybridized carbons (Fsp3) is 0. The Morgan fingerprint density at radius 1 is 1.11 bits per heavy atom. The molecule has 3 nitrogen and oxygen atoms in total. The van der Waals surface area contributed by atoms with E-state index in [2.05, 4.69) is 4.98 Å². The minimum Gasteiger partial charge on any atom is -0.398 e. The van der Waals surface area contributed by atoms with Crippen molar-refractivity contribution < 1.29 is 4.79 Å². The van der Waals surface area contributed by atoms with Gasteiger partial charge in [-0.3, -0.25) is 4.79 Å². The second-order valence-electron chi connectivity index (χ2n) is 4.31. The number of anilines is 1. The lowest BCUT2D eigenvalue weighted by Gasteiger charge is -2.04. The first-order chi connectivity index (χ1) is 9.16. The number of fused-ring (bicyclic) bond motifs is 1. The lowest BCUT2D eigenvalue weighted by atomic mass is 10.0. The van der Waals surface area contributed by atoms with Gasteiger partial charge in [0.2, 0.25) is 0 Å². The van der Waals surface area contributed by atoms with Crippen molar-refractivity contribution in [3.8, 4) is 0 Å². The summed E-state index contributed by atoms with van der Waals surface area (Å²) in [5.74, 6) is -0.127. The van der Waals surface area contributed by atoms with Gasteiger partial charge >= 0.3 is 0 Å². The van der Waals surface area contributed by atoms with Crippen LogP contribution in [0.1, 0.15) is 15.9 Å². The molecule has 0 fully saturated rings. The van der Waals surface area contributed by atoms with Gasteiger partial charge in [-0.15, -0.1) is 0 Å². The smallest absolute Gasteiger partial charge is 0.197 e. The molecule has 1 aromatic heterocycles. The number of aromatic nitrogens is 1. The minimum absolute atomic E-state index is 0.127. The van der Waals surface area contributed by atoms with Gasteiger partial charge in [-0.2, -0.15) is 0 Å². The summed E-state index contributed by atoms with van der Waals surface area (Å²) < 4.78 is 0. The SMILES string of the molecule is Nc1ccc(Cl)cc1C(=O)c1c[nH]c2ccccc12. The van der Waals surface area contributed by atoms with Crippen LogP contribution < -0.4 is 5.73 Å². The molecule has 0 aliphatic carbocycles. The molecule has 0 aliphatic rings. The highest BCUT2D eigenvalue weighted by Crippen LogP contribution is 2.25. The molecular formula is C15H11ClN2O. The second kappa shape index (κ2) is 4.44. The first-order valence-corrected chi connectivity index (χ1v) is 6.20. The molecule has 3 N–H and O–H groups in total. The highest BCUT2D eigenvalue weighted by Gasteiger charge is 2.16. The predicted molar refractivity (Wildman–Crippen MR) is 77.6 cm³/mol. The molecule has 0 amide bonds. The Balaban J connectivity index is 2.16. The monoisotopic (exact) mass is 270 g/mol. The fourth-order valence-electron chi connectivity index (χ4n) is 2.13. The summed E-state index contributed by atoms with van der Waals surface area (Å²) in [4.78, 5) is 15.6. The van der Waals surface area contributed by atoms with E-state index in [1.807, 2.05) is 24.3 Å². The van der Waals surface area contributed by atoms with Crippen molar-refractivity contribution in [2.45, 2.75) is 0 Å². The normalized spacial score (nSPS) is 10.8. The molecule has 0 radical (unpaired) electrons. The zero-order valence-corrected chi connectivity index (χ0v) is 10.7. The van der Waals surface area contributed by atoms with Crippen molar-refractivity contribution in [2.24, 2.45) is 0 Å². The van der Waals surface area contributed by atoms with E-state index in [-0.39, 0.29) is 5.78 Å². The third-order valence-electron chi connectivity index (χ3n) is 3.09. The number of hydrogen-bond acceptors (Lipinski definition) is 2. The average Bonchev–Trinajstić information content (AvgIpc) is 2.84. The van der Waals surface area contributed by atoms with Gasteiger partial charge in [0, 0.05) is 38.9 Å². The summed E-state index contributed by atoms with van der Waals surface area (Å²) in [5, 5.41) is 1.38. The van der Waals surface area contributed by atoms with Crippen LogP contribution in [0.25, 0.3) is 10.9 Å². The number of carbonyl (C=O) groups is 1. The number of rotatable bonds is 2. The van der Waals surface area contributed by atoms with Crippen LogP contribution in [0.4, 0.5) is 5.69 Å². The molecule has 1 heterocycles. The average molecular weight is 271 g/mol. The van der Waals surface area contributed by atoms with Crippen molar-refractivity contribution in [1.82, 2.24) is 4.98 Å². The van der Waals surface area contributed by atoms with Gasteiger partial charge in [0.25, 0.3) is 0 Å². The van der Waals surface area contributed by atoms with Gasteiger partial charge in [0.05, 0.1) is 0 Å². The summed E-state index contributed by atoms with van der Waals surface area (Å²) in [6.07, 6.45) is 1.70. The van der Waals surface area contributed by atoms with Crippen molar-refractivity contribution in [3.05, 3.63) is 64.8 Å². The summed E-state index contributed by atoms with van der Waals surface area (Å²) in [5.41, 5.74) is 8.23. The number of hydrogen-bond donors (Lipinski definition) is 2. The largest absolute Gasteiger partial charge is 0.398 e. The van der Waals surface area contributed by atoms with Gasteiger partial charge in [0.1, 0.15) is 0 Å². The van der Waals surface area contributed by atoms with Gasteiger partial charge in [-0.05, 0) is 24.3 Å². The van der Waals surface area contributed by atoms with E-state index < -0.39 is 0 Å². The highest BCUT2D eigenvalue weighted by atomic mass is 35.5.